The molecule has 0 saturated carbocycles. The molecule has 1 unspecified atom stereocenters. The highest BCUT2D eigenvalue weighted by Gasteiger charge is 2.28. The van der Waals surface area contributed by atoms with Gasteiger partial charge in [-0.15, -0.1) is 0 Å². The van der Waals surface area contributed by atoms with Crippen LogP contribution in [-0.4, -0.2) is 48.6 Å². The Balaban J connectivity index is 1.44. The Bertz CT molecular complexity index is 588. The lowest BCUT2D eigenvalue weighted by atomic mass is 10.0. The van der Waals surface area contributed by atoms with Crippen molar-refractivity contribution < 1.29 is 14.3 Å². The van der Waals surface area contributed by atoms with E-state index in [0.29, 0.717) is 26.1 Å². The average molecular weight is 330 g/mol. The molecule has 24 heavy (non-hydrogen) atoms. The Kier molecular flexibility index (Phi) is 5.51. The maximum Gasteiger partial charge on any atom is 0.249 e. The van der Waals surface area contributed by atoms with Gasteiger partial charge in [-0.05, 0) is 38.2 Å². The van der Waals surface area contributed by atoms with Crippen LogP contribution in [0.2, 0.25) is 0 Å². The quantitative estimate of drug-likeness (QED) is 0.916. The number of hydrogen-bond acceptors (Lipinski definition) is 3. The first-order valence-electron chi connectivity index (χ1n) is 8.87. The van der Waals surface area contributed by atoms with Crippen LogP contribution in [0.15, 0.2) is 24.3 Å². The molecule has 1 aromatic carbocycles. The smallest absolute Gasteiger partial charge is 0.249 e. The van der Waals surface area contributed by atoms with Crippen molar-refractivity contribution in [3.63, 3.8) is 0 Å². The van der Waals surface area contributed by atoms with Crippen LogP contribution in [0.25, 0.3) is 0 Å². The van der Waals surface area contributed by atoms with Gasteiger partial charge in [0.25, 0.3) is 0 Å². The maximum absolute atomic E-state index is 12.4. The second-order valence-corrected chi connectivity index (χ2v) is 6.83. The van der Waals surface area contributed by atoms with Gasteiger partial charge in [-0.25, -0.2) is 0 Å². The maximum atomic E-state index is 12.4. The molecule has 0 aliphatic carbocycles. The van der Waals surface area contributed by atoms with Crippen molar-refractivity contribution in [1.82, 2.24) is 10.2 Å². The third-order valence-corrected chi connectivity index (χ3v) is 4.85. The van der Waals surface area contributed by atoms with E-state index in [-0.39, 0.29) is 24.0 Å². The van der Waals surface area contributed by atoms with E-state index < -0.39 is 0 Å². The molecule has 3 rings (SSSR count). The molecule has 2 aliphatic rings. The molecule has 1 N–H and O–H groups in total. The fraction of sp³-hybridized carbons (Fsp3) is 0.579. The van der Waals surface area contributed by atoms with Crippen LogP contribution in [0.5, 0.6) is 0 Å². The van der Waals surface area contributed by atoms with Gasteiger partial charge in [0.15, 0.2) is 0 Å². The van der Waals surface area contributed by atoms with Gasteiger partial charge >= 0.3 is 0 Å². The molecule has 5 heteroatoms. The number of carbonyl (C=O) groups is 2. The van der Waals surface area contributed by atoms with Crippen molar-refractivity contribution in [2.75, 3.05) is 19.7 Å². The molecule has 2 amide bonds. The van der Waals surface area contributed by atoms with E-state index in [2.05, 4.69) is 11.4 Å². The molecule has 0 aromatic heterocycles. The molecule has 0 spiro atoms. The van der Waals surface area contributed by atoms with Gasteiger partial charge in [-0.1, -0.05) is 29.8 Å². The van der Waals surface area contributed by atoms with E-state index in [4.69, 9.17) is 4.74 Å². The molecule has 130 valence electrons. The van der Waals surface area contributed by atoms with Crippen molar-refractivity contribution in [3.05, 3.63) is 35.4 Å². The van der Waals surface area contributed by atoms with Crippen LogP contribution in [0.3, 0.4) is 0 Å². The summed E-state index contributed by atoms with van der Waals surface area (Å²) in [4.78, 5) is 26.4. The SMILES string of the molecule is Cc1cccc(CC(=O)N2CCC(NC(=O)C3CCCO3)CC2)c1. The van der Waals surface area contributed by atoms with Crippen LogP contribution >= 0.6 is 0 Å². The minimum atomic E-state index is -0.272. The van der Waals surface area contributed by atoms with Crippen molar-refractivity contribution in [2.45, 2.75) is 51.2 Å². The fourth-order valence-corrected chi connectivity index (χ4v) is 3.46. The van der Waals surface area contributed by atoms with E-state index >= 15 is 0 Å². The molecular weight excluding hydrogens is 304 g/mol. The number of piperidine rings is 1. The lowest BCUT2D eigenvalue weighted by molar-refractivity contribution is -0.132. The number of hydrogen-bond donors (Lipinski definition) is 1. The van der Waals surface area contributed by atoms with Crippen molar-refractivity contribution in [3.8, 4) is 0 Å². The number of rotatable bonds is 4. The van der Waals surface area contributed by atoms with Crippen molar-refractivity contribution >= 4 is 11.8 Å². The van der Waals surface area contributed by atoms with Gasteiger partial charge in [0.05, 0.1) is 6.42 Å². The number of likely N-dealkylation sites (tertiary alicyclic amines) is 1. The normalized spacial score (nSPS) is 21.7. The van der Waals surface area contributed by atoms with E-state index in [1.165, 1.54) is 5.56 Å². The summed E-state index contributed by atoms with van der Waals surface area (Å²) in [5.41, 5.74) is 2.24. The molecule has 2 aliphatic heterocycles. The zero-order valence-electron chi connectivity index (χ0n) is 14.3. The van der Waals surface area contributed by atoms with Crippen LogP contribution in [0.4, 0.5) is 0 Å². The first-order chi connectivity index (χ1) is 11.6. The second kappa shape index (κ2) is 7.79. The van der Waals surface area contributed by atoms with E-state index in [1.54, 1.807) is 0 Å². The molecule has 0 bridgehead atoms. The lowest BCUT2D eigenvalue weighted by Crippen LogP contribution is -2.49. The molecule has 1 atom stereocenters. The summed E-state index contributed by atoms with van der Waals surface area (Å²) in [5, 5.41) is 3.08. The van der Waals surface area contributed by atoms with Crippen LogP contribution in [0, 0.1) is 6.92 Å². The summed E-state index contributed by atoms with van der Waals surface area (Å²) in [6, 6.07) is 8.25. The van der Waals surface area contributed by atoms with Crippen LogP contribution in [-0.2, 0) is 20.7 Å². The Hall–Kier alpha value is -1.88. The predicted molar refractivity (Wildman–Crippen MR) is 91.6 cm³/mol. The minimum absolute atomic E-state index is 0.0111. The van der Waals surface area contributed by atoms with E-state index in [0.717, 1.165) is 31.2 Å². The second-order valence-electron chi connectivity index (χ2n) is 6.83. The highest BCUT2D eigenvalue weighted by molar-refractivity contribution is 5.81. The van der Waals surface area contributed by atoms with Gasteiger partial charge < -0.3 is 15.0 Å². The third kappa shape index (κ3) is 4.35. The topological polar surface area (TPSA) is 58.6 Å². The Labute approximate surface area is 143 Å². The molecule has 0 radical (unpaired) electrons. The van der Waals surface area contributed by atoms with Gasteiger partial charge in [-0.3, -0.25) is 9.59 Å². The van der Waals surface area contributed by atoms with Gasteiger partial charge in [0.2, 0.25) is 11.8 Å². The van der Waals surface area contributed by atoms with E-state index in [1.807, 2.05) is 30.0 Å². The van der Waals surface area contributed by atoms with Gasteiger partial charge in [0, 0.05) is 25.7 Å². The summed E-state index contributed by atoms with van der Waals surface area (Å²) in [5.74, 6) is 0.182. The summed E-state index contributed by atoms with van der Waals surface area (Å²) in [6.45, 7) is 4.14. The summed E-state index contributed by atoms with van der Waals surface area (Å²) in [7, 11) is 0. The first-order valence-corrected chi connectivity index (χ1v) is 8.87. The lowest BCUT2D eigenvalue weighted by Gasteiger charge is -2.33. The molecule has 2 fully saturated rings. The Morgan fingerprint density at radius 2 is 2.04 bits per heavy atom. The van der Waals surface area contributed by atoms with Crippen molar-refractivity contribution in [2.24, 2.45) is 0 Å². The molecule has 2 saturated heterocycles. The Morgan fingerprint density at radius 1 is 1.25 bits per heavy atom. The number of carbonyl (C=O) groups excluding carboxylic acids is 2. The number of ether oxygens (including phenoxy) is 1. The first kappa shape index (κ1) is 17.0. The number of benzene rings is 1. The highest BCUT2D eigenvalue weighted by Crippen LogP contribution is 2.16. The molecule has 2 heterocycles. The number of amides is 2. The number of nitrogens with one attached hydrogen (secondary N) is 1. The molecular formula is C19H26N2O3. The summed E-state index contributed by atoms with van der Waals surface area (Å²) < 4.78 is 5.42. The largest absolute Gasteiger partial charge is 0.368 e. The van der Waals surface area contributed by atoms with E-state index in [9.17, 15) is 9.59 Å². The number of aryl methyl sites for hydroxylation is 1. The van der Waals surface area contributed by atoms with Crippen LogP contribution < -0.4 is 5.32 Å². The fourth-order valence-electron chi connectivity index (χ4n) is 3.46. The van der Waals surface area contributed by atoms with Gasteiger partial charge in [0.1, 0.15) is 6.10 Å². The predicted octanol–water partition coefficient (Wildman–Crippen LogP) is 1.82. The van der Waals surface area contributed by atoms with Crippen LogP contribution in [0.1, 0.15) is 36.8 Å². The summed E-state index contributed by atoms with van der Waals surface area (Å²) >= 11 is 0. The van der Waals surface area contributed by atoms with Gasteiger partial charge in [-0.2, -0.15) is 0 Å². The van der Waals surface area contributed by atoms with Crippen molar-refractivity contribution in [1.29, 1.82) is 0 Å². The minimum Gasteiger partial charge on any atom is -0.368 e. The zero-order valence-corrected chi connectivity index (χ0v) is 14.3. The monoisotopic (exact) mass is 330 g/mol. The molecule has 1 aromatic rings. The highest BCUT2D eigenvalue weighted by atomic mass is 16.5. The number of nitrogens with zero attached hydrogens (tertiary/aromatic N) is 1. The standard InChI is InChI=1S/C19H26N2O3/c1-14-4-2-5-15(12-14)13-18(22)21-9-7-16(8-10-21)20-19(23)17-6-3-11-24-17/h2,4-5,12,16-17H,3,6-11,13H2,1H3,(H,20,23). The Morgan fingerprint density at radius 3 is 2.71 bits per heavy atom. The summed E-state index contributed by atoms with van der Waals surface area (Å²) in [6.07, 6.45) is 3.60. The third-order valence-electron chi connectivity index (χ3n) is 4.85. The zero-order chi connectivity index (χ0) is 16.9. The molecule has 5 nitrogen and oxygen atoms in total. The average Bonchev–Trinajstić information content (AvgIpc) is 3.10.